The van der Waals surface area contributed by atoms with Crippen LogP contribution in [0, 0.1) is 0 Å². The van der Waals surface area contributed by atoms with E-state index in [0.29, 0.717) is 11.6 Å². The fourth-order valence-corrected chi connectivity index (χ4v) is 2.61. The molecule has 2 rings (SSSR count). The van der Waals surface area contributed by atoms with E-state index in [1.807, 2.05) is 24.3 Å². The largest absolute Gasteiger partial charge is 0.492 e. The normalized spacial score (nSPS) is 22.4. The minimum atomic E-state index is 0.132. The van der Waals surface area contributed by atoms with Gasteiger partial charge in [-0.15, -0.1) is 0 Å². The summed E-state index contributed by atoms with van der Waals surface area (Å²) in [5.74, 6) is 0.783. The number of likely N-dealkylation sites (tertiary alicyclic amines) is 1. The second kappa shape index (κ2) is 7.70. The molecule has 116 valence electrons. The molecular weight excluding hydrogens is 288 g/mol. The van der Waals surface area contributed by atoms with Gasteiger partial charge >= 0.3 is 0 Å². The van der Waals surface area contributed by atoms with E-state index >= 15 is 0 Å². The lowest BCUT2D eigenvalue weighted by atomic mass is 10.2. The van der Waals surface area contributed by atoms with Gasteiger partial charge in [0.25, 0.3) is 0 Å². The van der Waals surface area contributed by atoms with E-state index in [-0.39, 0.29) is 12.2 Å². The van der Waals surface area contributed by atoms with Crippen LogP contribution < -0.4 is 10.5 Å². The molecule has 2 atom stereocenters. The maximum atomic E-state index is 5.76. The van der Waals surface area contributed by atoms with E-state index in [4.69, 9.17) is 32.2 Å². The molecule has 1 fully saturated rings. The Morgan fingerprint density at radius 3 is 2.52 bits per heavy atom. The Morgan fingerprint density at radius 1 is 1.29 bits per heavy atom. The zero-order valence-corrected chi connectivity index (χ0v) is 13.3. The molecule has 21 heavy (non-hydrogen) atoms. The van der Waals surface area contributed by atoms with Gasteiger partial charge in [0.2, 0.25) is 0 Å². The summed E-state index contributed by atoms with van der Waals surface area (Å²) < 4.78 is 16.6. The van der Waals surface area contributed by atoms with Crippen LogP contribution in [0.4, 0.5) is 0 Å². The number of hydrogen-bond donors (Lipinski definition) is 1. The molecular formula is C15H22N2O3S. The highest BCUT2D eigenvalue weighted by molar-refractivity contribution is 7.80. The van der Waals surface area contributed by atoms with Crippen LogP contribution in [0.5, 0.6) is 5.75 Å². The van der Waals surface area contributed by atoms with Gasteiger partial charge in [-0.1, -0.05) is 24.4 Å². The molecule has 0 aliphatic carbocycles. The van der Waals surface area contributed by atoms with Crippen LogP contribution in [-0.2, 0) is 9.47 Å². The quantitative estimate of drug-likeness (QED) is 0.760. The molecule has 0 spiro atoms. The SMILES string of the molecule is COC1CN(CCOc2cccc(C(N)=S)c2)CC1OC. The number of nitrogens with two attached hydrogens (primary N) is 1. The van der Waals surface area contributed by atoms with Gasteiger partial charge in [0.05, 0.1) is 12.2 Å². The summed E-state index contributed by atoms with van der Waals surface area (Å²) in [5.41, 5.74) is 6.43. The van der Waals surface area contributed by atoms with Crippen molar-refractivity contribution in [3.8, 4) is 5.75 Å². The van der Waals surface area contributed by atoms with Crippen LogP contribution in [0.1, 0.15) is 5.56 Å². The van der Waals surface area contributed by atoms with Gasteiger partial charge < -0.3 is 19.9 Å². The summed E-state index contributed by atoms with van der Waals surface area (Å²) in [6.07, 6.45) is 0.265. The Kier molecular flexibility index (Phi) is 5.93. The first kappa shape index (κ1) is 16.2. The van der Waals surface area contributed by atoms with Crippen molar-refractivity contribution in [1.29, 1.82) is 0 Å². The molecule has 1 aromatic rings. The predicted octanol–water partition coefficient (Wildman–Crippen LogP) is 1.05. The molecule has 1 aliphatic heterocycles. The zero-order chi connectivity index (χ0) is 15.2. The van der Waals surface area contributed by atoms with Crippen LogP contribution in [0.25, 0.3) is 0 Å². The van der Waals surface area contributed by atoms with E-state index in [2.05, 4.69) is 4.90 Å². The van der Waals surface area contributed by atoms with Crippen molar-refractivity contribution in [3.63, 3.8) is 0 Å². The van der Waals surface area contributed by atoms with Crippen molar-refractivity contribution in [3.05, 3.63) is 29.8 Å². The smallest absolute Gasteiger partial charge is 0.120 e. The Hall–Kier alpha value is -1.21. The van der Waals surface area contributed by atoms with E-state index < -0.39 is 0 Å². The average Bonchev–Trinajstić information content (AvgIpc) is 2.90. The highest BCUT2D eigenvalue weighted by atomic mass is 32.1. The first-order valence-corrected chi connectivity index (χ1v) is 7.35. The van der Waals surface area contributed by atoms with Crippen molar-refractivity contribution >= 4 is 17.2 Å². The lowest BCUT2D eigenvalue weighted by Crippen LogP contribution is -2.27. The summed E-state index contributed by atoms with van der Waals surface area (Å²) in [6, 6.07) is 7.54. The van der Waals surface area contributed by atoms with Crippen LogP contribution in [0.15, 0.2) is 24.3 Å². The summed E-state index contributed by atoms with van der Waals surface area (Å²) in [5, 5.41) is 0. The first-order valence-electron chi connectivity index (χ1n) is 6.94. The molecule has 2 N–H and O–H groups in total. The molecule has 2 unspecified atom stereocenters. The summed E-state index contributed by atoms with van der Waals surface area (Å²) in [4.78, 5) is 2.66. The molecule has 5 nitrogen and oxygen atoms in total. The van der Waals surface area contributed by atoms with Gasteiger partial charge in [-0.2, -0.15) is 0 Å². The second-order valence-electron chi connectivity index (χ2n) is 5.05. The third-order valence-electron chi connectivity index (χ3n) is 3.69. The summed E-state index contributed by atoms with van der Waals surface area (Å²) in [6.45, 7) is 3.17. The van der Waals surface area contributed by atoms with Crippen LogP contribution >= 0.6 is 12.2 Å². The van der Waals surface area contributed by atoms with Crippen LogP contribution in [0.3, 0.4) is 0 Å². The molecule has 1 heterocycles. The molecule has 0 saturated carbocycles. The van der Waals surface area contributed by atoms with E-state index in [1.54, 1.807) is 14.2 Å². The predicted molar refractivity (Wildman–Crippen MR) is 85.9 cm³/mol. The Balaban J connectivity index is 1.80. The van der Waals surface area contributed by atoms with Gasteiger partial charge in [0.1, 0.15) is 17.3 Å². The number of rotatable bonds is 7. The molecule has 1 aromatic carbocycles. The summed E-state index contributed by atoms with van der Waals surface area (Å²) >= 11 is 4.96. The molecule has 0 bridgehead atoms. The third kappa shape index (κ3) is 4.38. The third-order valence-corrected chi connectivity index (χ3v) is 3.93. The lowest BCUT2D eigenvalue weighted by Gasteiger charge is -2.15. The number of thiocarbonyl (C=S) groups is 1. The Morgan fingerprint density at radius 2 is 1.95 bits per heavy atom. The zero-order valence-electron chi connectivity index (χ0n) is 12.5. The van der Waals surface area contributed by atoms with Crippen molar-refractivity contribution in [2.24, 2.45) is 5.73 Å². The maximum Gasteiger partial charge on any atom is 0.120 e. The molecule has 1 saturated heterocycles. The van der Waals surface area contributed by atoms with E-state index in [9.17, 15) is 0 Å². The van der Waals surface area contributed by atoms with Gasteiger partial charge in [0.15, 0.2) is 0 Å². The van der Waals surface area contributed by atoms with Gasteiger partial charge in [-0.3, -0.25) is 4.90 Å². The number of ether oxygens (including phenoxy) is 3. The van der Waals surface area contributed by atoms with Crippen molar-refractivity contribution in [2.45, 2.75) is 12.2 Å². The van der Waals surface area contributed by atoms with Gasteiger partial charge in [-0.25, -0.2) is 0 Å². The van der Waals surface area contributed by atoms with Gasteiger partial charge in [-0.05, 0) is 12.1 Å². The topological polar surface area (TPSA) is 57.0 Å². The minimum Gasteiger partial charge on any atom is -0.492 e. The highest BCUT2D eigenvalue weighted by Gasteiger charge is 2.32. The molecule has 0 amide bonds. The maximum absolute atomic E-state index is 5.76. The molecule has 1 aliphatic rings. The average molecular weight is 310 g/mol. The second-order valence-corrected chi connectivity index (χ2v) is 5.49. The Labute approximate surface area is 131 Å². The number of hydrogen-bond acceptors (Lipinski definition) is 5. The van der Waals surface area contributed by atoms with Crippen LogP contribution in [-0.4, -0.2) is 62.6 Å². The van der Waals surface area contributed by atoms with Crippen molar-refractivity contribution in [2.75, 3.05) is 40.5 Å². The standard InChI is InChI=1S/C15H22N2O3S/c1-18-13-9-17(10-14(13)19-2)6-7-20-12-5-3-4-11(8-12)15(16)21/h3-5,8,13-14H,6-7,9-10H2,1-2H3,(H2,16,21). The fourth-order valence-electron chi connectivity index (χ4n) is 2.49. The van der Waals surface area contributed by atoms with Crippen LogP contribution in [0.2, 0.25) is 0 Å². The van der Waals surface area contributed by atoms with Crippen molar-refractivity contribution in [1.82, 2.24) is 4.90 Å². The van der Waals surface area contributed by atoms with Crippen molar-refractivity contribution < 1.29 is 14.2 Å². The summed E-state index contributed by atoms with van der Waals surface area (Å²) in [7, 11) is 3.44. The molecule has 0 aromatic heterocycles. The molecule has 6 heteroatoms. The number of nitrogens with zero attached hydrogens (tertiary/aromatic N) is 1. The lowest BCUT2D eigenvalue weighted by molar-refractivity contribution is -0.00461. The van der Waals surface area contributed by atoms with E-state index in [0.717, 1.165) is 30.9 Å². The highest BCUT2D eigenvalue weighted by Crippen LogP contribution is 2.16. The number of benzene rings is 1. The number of methoxy groups -OCH3 is 2. The van der Waals surface area contributed by atoms with Gasteiger partial charge in [0, 0.05) is 39.4 Å². The monoisotopic (exact) mass is 310 g/mol. The van der Waals surface area contributed by atoms with E-state index in [1.165, 1.54) is 0 Å². The fraction of sp³-hybridized carbons (Fsp3) is 0.533. The minimum absolute atomic E-state index is 0.132. The Bertz CT molecular complexity index is 472. The molecule has 0 radical (unpaired) electrons. The first-order chi connectivity index (χ1) is 10.1.